The number of aromatic nitrogens is 4. The minimum absolute atomic E-state index is 0.112. The lowest BCUT2D eigenvalue weighted by Gasteiger charge is -2.08. The van der Waals surface area contributed by atoms with Gasteiger partial charge in [-0.25, -0.2) is 4.68 Å². The first-order valence-corrected chi connectivity index (χ1v) is 11.1. The molecule has 1 amide bonds. The van der Waals surface area contributed by atoms with Crippen molar-refractivity contribution < 1.29 is 9.21 Å². The molecular formula is C25H25N5O2. The summed E-state index contributed by atoms with van der Waals surface area (Å²) in [5.74, 6) is 1.95. The third-order valence-corrected chi connectivity index (χ3v) is 5.82. The van der Waals surface area contributed by atoms with Crippen LogP contribution in [-0.4, -0.2) is 25.9 Å². The van der Waals surface area contributed by atoms with E-state index in [-0.39, 0.29) is 12.3 Å². The van der Waals surface area contributed by atoms with Gasteiger partial charge in [-0.2, -0.15) is 5.10 Å². The Balaban J connectivity index is 1.28. The van der Waals surface area contributed by atoms with Crippen LogP contribution in [0.15, 0.2) is 71.1 Å². The number of hydrogen-bond donors (Lipinski definition) is 1. The Morgan fingerprint density at radius 3 is 2.47 bits per heavy atom. The second kappa shape index (κ2) is 9.18. The molecule has 0 atom stereocenters. The van der Waals surface area contributed by atoms with E-state index in [1.165, 1.54) is 12.8 Å². The number of hydrogen-bond acceptors (Lipinski definition) is 5. The maximum absolute atomic E-state index is 12.7. The van der Waals surface area contributed by atoms with Crippen molar-refractivity contribution in [3.63, 3.8) is 0 Å². The molecule has 1 N–H and O–H groups in total. The highest BCUT2D eigenvalue weighted by Crippen LogP contribution is 2.35. The van der Waals surface area contributed by atoms with Crippen molar-refractivity contribution in [1.29, 1.82) is 0 Å². The molecule has 1 saturated carbocycles. The quantitative estimate of drug-likeness (QED) is 0.441. The van der Waals surface area contributed by atoms with E-state index in [1.807, 2.05) is 71.4 Å². The van der Waals surface area contributed by atoms with Gasteiger partial charge in [-0.3, -0.25) is 4.79 Å². The van der Waals surface area contributed by atoms with E-state index in [1.54, 1.807) is 0 Å². The molecular weight excluding hydrogens is 402 g/mol. The van der Waals surface area contributed by atoms with Gasteiger partial charge in [0.15, 0.2) is 0 Å². The summed E-state index contributed by atoms with van der Waals surface area (Å²) in [6.07, 6.45) is 5.40. The predicted molar refractivity (Wildman–Crippen MR) is 121 cm³/mol. The molecule has 4 aromatic rings. The fraction of sp³-hybridized carbons (Fsp3) is 0.280. The molecule has 1 fully saturated rings. The van der Waals surface area contributed by atoms with Gasteiger partial charge in [0, 0.05) is 30.4 Å². The highest BCUT2D eigenvalue weighted by molar-refractivity contribution is 5.90. The third kappa shape index (κ3) is 4.46. The van der Waals surface area contributed by atoms with Crippen LogP contribution in [0.5, 0.6) is 0 Å². The Labute approximate surface area is 186 Å². The standard InChI is InChI=1S/C25H25N5O2/c31-23(15-16-24-27-28-25(32-24)19-11-3-1-4-12-19)26-22-17-21(18-9-7-8-10-18)29-30(22)20-13-5-2-6-14-20/h1-6,11-14,17-18H,7-10,15-16H2,(H,26,31). The van der Waals surface area contributed by atoms with Crippen molar-refractivity contribution in [2.24, 2.45) is 0 Å². The molecule has 2 aromatic heterocycles. The summed E-state index contributed by atoms with van der Waals surface area (Å²) in [4.78, 5) is 12.7. The molecule has 1 aliphatic carbocycles. The van der Waals surface area contributed by atoms with E-state index >= 15 is 0 Å². The molecule has 0 spiro atoms. The lowest BCUT2D eigenvalue weighted by atomic mass is 10.0. The first-order valence-electron chi connectivity index (χ1n) is 11.1. The molecule has 0 saturated heterocycles. The molecule has 2 heterocycles. The number of carbonyl (C=O) groups is 1. The molecule has 0 aliphatic heterocycles. The van der Waals surface area contributed by atoms with Crippen molar-refractivity contribution in [3.05, 3.63) is 78.3 Å². The first-order chi connectivity index (χ1) is 15.8. The average Bonchev–Trinajstić information content (AvgIpc) is 3.60. The first kappa shape index (κ1) is 20.2. The summed E-state index contributed by atoms with van der Waals surface area (Å²) in [5.41, 5.74) is 2.84. The zero-order valence-corrected chi connectivity index (χ0v) is 17.8. The van der Waals surface area contributed by atoms with Crippen molar-refractivity contribution in [2.75, 3.05) is 5.32 Å². The molecule has 32 heavy (non-hydrogen) atoms. The van der Waals surface area contributed by atoms with Crippen LogP contribution in [0.1, 0.15) is 49.6 Å². The minimum Gasteiger partial charge on any atom is -0.421 e. The summed E-state index contributed by atoms with van der Waals surface area (Å²) in [7, 11) is 0. The number of anilines is 1. The second-order valence-electron chi connectivity index (χ2n) is 8.10. The lowest BCUT2D eigenvalue weighted by Crippen LogP contribution is -2.15. The highest BCUT2D eigenvalue weighted by atomic mass is 16.4. The van der Waals surface area contributed by atoms with E-state index in [0.29, 0.717) is 29.9 Å². The Kier molecular flexibility index (Phi) is 5.79. The zero-order valence-electron chi connectivity index (χ0n) is 17.8. The van der Waals surface area contributed by atoms with Gasteiger partial charge in [0.05, 0.1) is 11.4 Å². The second-order valence-corrected chi connectivity index (χ2v) is 8.10. The van der Waals surface area contributed by atoms with Crippen LogP contribution < -0.4 is 5.32 Å². The van der Waals surface area contributed by atoms with Crippen molar-refractivity contribution in [3.8, 4) is 17.1 Å². The maximum Gasteiger partial charge on any atom is 0.247 e. The normalized spacial score (nSPS) is 14.0. The number of para-hydroxylation sites is 1. The SMILES string of the molecule is O=C(CCc1nnc(-c2ccccc2)o1)Nc1cc(C2CCCC2)nn1-c1ccccc1. The lowest BCUT2D eigenvalue weighted by molar-refractivity contribution is -0.116. The van der Waals surface area contributed by atoms with Crippen molar-refractivity contribution >= 4 is 11.7 Å². The molecule has 162 valence electrons. The molecule has 7 heteroatoms. The third-order valence-electron chi connectivity index (χ3n) is 5.82. The van der Waals surface area contributed by atoms with Gasteiger partial charge in [0.2, 0.25) is 17.7 Å². The van der Waals surface area contributed by atoms with Gasteiger partial charge in [0.1, 0.15) is 5.82 Å². The van der Waals surface area contributed by atoms with Crippen LogP contribution in [0.25, 0.3) is 17.1 Å². The zero-order chi connectivity index (χ0) is 21.8. The van der Waals surface area contributed by atoms with Gasteiger partial charge in [-0.1, -0.05) is 49.2 Å². The van der Waals surface area contributed by atoms with Gasteiger partial charge in [-0.05, 0) is 37.1 Å². The van der Waals surface area contributed by atoms with E-state index in [0.717, 1.165) is 29.8 Å². The Bertz CT molecular complexity index is 1180. The van der Waals surface area contributed by atoms with Crippen molar-refractivity contribution in [1.82, 2.24) is 20.0 Å². The van der Waals surface area contributed by atoms with Crippen LogP contribution in [0.2, 0.25) is 0 Å². The number of benzene rings is 2. The number of nitrogens with zero attached hydrogens (tertiary/aromatic N) is 4. The fourth-order valence-corrected chi connectivity index (χ4v) is 4.15. The molecule has 0 bridgehead atoms. The van der Waals surface area contributed by atoms with E-state index in [4.69, 9.17) is 9.52 Å². The average molecular weight is 428 g/mol. The van der Waals surface area contributed by atoms with E-state index in [2.05, 4.69) is 15.5 Å². The molecule has 7 nitrogen and oxygen atoms in total. The van der Waals surface area contributed by atoms with Crippen molar-refractivity contribution in [2.45, 2.75) is 44.4 Å². The van der Waals surface area contributed by atoms with Crippen LogP contribution in [0.4, 0.5) is 5.82 Å². The Hall–Kier alpha value is -3.74. The monoisotopic (exact) mass is 427 g/mol. The topological polar surface area (TPSA) is 85.8 Å². The molecule has 5 rings (SSSR count). The Morgan fingerprint density at radius 2 is 1.72 bits per heavy atom. The van der Waals surface area contributed by atoms with Gasteiger partial charge in [0.25, 0.3) is 0 Å². The van der Waals surface area contributed by atoms with Crippen LogP contribution >= 0.6 is 0 Å². The van der Waals surface area contributed by atoms with Crippen LogP contribution in [0.3, 0.4) is 0 Å². The summed E-state index contributed by atoms with van der Waals surface area (Å²) < 4.78 is 7.54. The number of amides is 1. The van der Waals surface area contributed by atoms with Gasteiger partial charge < -0.3 is 9.73 Å². The number of carbonyl (C=O) groups excluding carboxylic acids is 1. The van der Waals surface area contributed by atoms with E-state index < -0.39 is 0 Å². The summed E-state index contributed by atoms with van der Waals surface area (Å²) in [6.45, 7) is 0. The van der Waals surface area contributed by atoms with Gasteiger partial charge >= 0.3 is 0 Å². The van der Waals surface area contributed by atoms with E-state index in [9.17, 15) is 4.79 Å². The number of nitrogens with one attached hydrogen (secondary N) is 1. The smallest absolute Gasteiger partial charge is 0.247 e. The summed E-state index contributed by atoms with van der Waals surface area (Å²) >= 11 is 0. The number of rotatable bonds is 7. The number of aryl methyl sites for hydroxylation is 1. The summed E-state index contributed by atoms with van der Waals surface area (Å²) in [6, 6.07) is 21.5. The van der Waals surface area contributed by atoms with Crippen LogP contribution in [-0.2, 0) is 11.2 Å². The summed E-state index contributed by atoms with van der Waals surface area (Å²) in [5, 5.41) is 16.0. The van der Waals surface area contributed by atoms with Gasteiger partial charge in [-0.15, -0.1) is 10.2 Å². The van der Waals surface area contributed by atoms with Crippen LogP contribution in [0, 0.1) is 0 Å². The minimum atomic E-state index is -0.112. The maximum atomic E-state index is 12.7. The predicted octanol–water partition coefficient (Wildman–Crippen LogP) is 5.15. The Morgan fingerprint density at radius 1 is 1.00 bits per heavy atom. The molecule has 1 aliphatic rings. The molecule has 0 unspecified atom stereocenters. The fourth-order valence-electron chi connectivity index (χ4n) is 4.15. The largest absolute Gasteiger partial charge is 0.421 e. The molecule has 2 aromatic carbocycles. The molecule has 0 radical (unpaired) electrons. The highest BCUT2D eigenvalue weighted by Gasteiger charge is 2.22.